The number of aryl methyl sites for hydroxylation is 1. The van der Waals surface area contributed by atoms with Crippen molar-refractivity contribution in [1.82, 2.24) is 9.80 Å². The van der Waals surface area contributed by atoms with Crippen LogP contribution in [0.15, 0.2) is 52.9 Å². The molecular formula is C24H26N2O2. The van der Waals surface area contributed by atoms with Gasteiger partial charge in [-0.3, -0.25) is 9.69 Å². The molecule has 4 nitrogen and oxygen atoms in total. The lowest BCUT2D eigenvalue weighted by Gasteiger charge is -2.34. The molecule has 2 fully saturated rings. The second-order valence-electron chi connectivity index (χ2n) is 8.21. The first-order valence-electron chi connectivity index (χ1n) is 10.3. The number of hydrogen-bond acceptors (Lipinski definition) is 3. The van der Waals surface area contributed by atoms with Gasteiger partial charge in [-0.15, -0.1) is 0 Å². The summed E-state index contributed by atoms with van der Waals surface area (Å²) in [4.78, 5) is 16.6. The minimum Gasteiger partial charge on any atom is -0.460 e. The minimum absolute atomic E-state index is 0.324. The molecule has 3 aromatic rings. The van der Waals surface area contributed by atoms with Crippen molar-refractivity contribution < 1.29 is 9.21 Å². The lowest BCUT2D eigenvalue weighted by molar-refractivity contribution is -0.134. The van der Waals surface area contributed by atoms with Crippen molar-refractivity contribution in [2.45, 2.75) is 26.3 Å². The normalized spacial score (nSPS) is 18.0. The molecule has 1 saturated heterocycles. The van der Waals surface area contributed by atoms with Crippen molar-refractivity contribution in [3.63, 3.8) is 0 Å². The van der Waals surface area contributed by atoms with E-state index in [1.54, 1.807) is 0 Å². The van der Waals surface area contributed by atoms with Gasteiger partial charge in [-0.05, 0) is 49.1 Å². The Balaban J connectivity index is 1.26. The fourth-order valence-electron chi connectivity index (χ4n) is 4.04. The quantitative estimate of drug-likeness (QED) is 0.676. The second-order valence-corrected chi connectivity index (χ2v) is 8.21. The van der Waals surface area contributed by atoms with Crippen LogP contribution >= 0.6 is 0 Å². The van der Waals surface area contributed by atoms with E-state index in [4.69, 9.17) is 4.42 Å². The molecule has 1 amide bonds. The monoisotopic (exact) mass is 374 g/mol. The summed E-state index contributed by atoms with van der Waals surface area (Å²) in [6.45, 7) is 6.44. The smallest absolute Gasteiger partial charge is 0.225 e. The first-order chi connectivity index (χ1) is 13.7. The van der Waals surface area contributed by atoms with Crippen molar-refractivity contribution in [2.24, 2.45) is 5.92 Å². The summed E-state index contributed by atoms with van der Waals surface area (Å²) in [7, 11) is 0. The predicted molar refractivity (Wildman–Crippen MR) is 111 cm³/mol. The van der Waals surface area contributed by atoms with E-state index < -0.39 is 0 Å². The fraction of sp³-hybridized carbons (Fsp3) is 0.375. The summed E-state index contributed by atoms with van der Waals surface area (Å²) < 4.78 is 6.08. The summed E-state index contributed by atoms with van der Waals surface area (Å²) in [5, 5.41) is 1.15. The van der Waals surface area contributed by atoms with Crippen molar-refractivity contribution in [3.05, 3.63) is 59.9 Å². The molecule has 1 aliphatic heterocycles. The van der Waals surface area contributed by atoms with Crippen LogP contribution in [0.4, 0.5) is 0 Å². The van der Waals surface area contributed by atoms with Gasteiger partial charge >= 0.3 is 0 Å². The Morgan fingerprint density at radius 2 is 1.68 bits per heavy atom. The molecule has 4 heteroatoms. The Kier molecular flexibility index (Phi) is 4.44. The standard InChI is InChI=1S/C24H26N2O2/c1-17-2-4-18(5-3-17)20-8-9-23-21(14-20)15-22(28-23)16-25-10-12-26(13-11-25)24(27)19-6-7-19/h2-5,8-9,14-15,19H,6-7,10-13,16H2,1H3. The zero-order valence-electron chi connectivity index (χ0n) is 16.4. The number of amides is 1. The maximum atomic E-state index is 12.2. The highest BCUT2D eigenvalue weighted by Crippen LogP contribution is 2.31. The van der Waals surface area contributed by atoms with Gasteiger partial charge in [-0.2, -0.15) is 0 Å². The Morgan fingerprint density at radius 1 is 0.964 bits per heavy atom. The summed E-state index contributed by atoms with van der Waals surface area (Å²) in [6.07, 6.45) is 2.17. The molecule has 0 radical (unpaired) electrons. The zero-order chi connectivity index (χ0) is 19.1. The molecule has 0 N–H and O–H groups in total. The van der Waals surface area contributed by atoms with Crippen molar-refractivity contribution >= 4 is 16.9 Å². The van der Waals surface area contributed by atoms with E-state index in [-0.39, 0.29) is 0 Å². The molecular weight excluding hydrogens is 348 g/mol. The largest absolute Gasteiger partial charge is 0.460 e. The maximum absolute atomic E-state index is 12.2. The van der Waals surface area contributed by atoms with Gasteiger partial charge in [0.2, 0.25) is 5.91 Å². The summed E-state index contributed by atoms with van der Waals surface area (Å²) >= 11 is 0. The topological polar surface area (TPSA) is 36.7 Å². The zero-order valence-corrected chi connectivity index (χ0v) is 16.4. The third-order valence-electron chi connectivity index (χ3n) is 5.94. The van der Waals surface area contributed by atoms with Crippen LogP contribution in [0.5, 0.6) is 0 Å². The third kappa shape index (κ3) is 3.57. The molecule has 0 atom stereocenters. The number of fused-ring (bicyclic) bond motifs is 1. The fourth-order valence-corrected chi connectivity index (χ4v) is 4.04. The van der Waals surface area contributed by atoms with Crippen LogP contribution in [0, 0.1) is 12.8 Å². The minimum atomic E-state index is 0.324. The molecule has 144 valence electrons. The van der Waals surface area contributed by atoms with Gasteiger partial charge in [0.25, 0.3) is 0 Å². The lowest BCUT2D eigenvalue weighted by atomic mass is 10.0. The summed E-state index contributed by atoms with van der Waals surface area (Å²) in [6, 6.07) is 17.2. The van der Waals surface area contributed by atoms with Gasteiger partial charge in [0.05, 0.1) is 6.54 Å². The molecule has 1 saturated carbocycles. The number of hydrogen-bond donors (Lipinski definition) is 0. The van der Waals surface area contributed by atoms with Crippen LogP contribution < -0.4 is 0 Å². The highest BCUT2D eigenvalue weighted by atomic mass is 16.3. The van der Waals surface area contributed by atoms with E-state index in [2.05, 4.69) is 60.4 Å². The van der Waals surface area contributed by atoms with E-state index in [0.717, 1.165) is 62.3 Å². The molecule has 1 aliphatic carbocycles. The van der Waals surface area contributed by atoms with Crippen molar-refractivity contribution in [1.29, 1.82) is 0 Å². The van der Waals surface area contributed by atoms with Crippen LogP contribution in [-0.2, 0) is 11.3 Å². The number of rotatable bonds is 4. The maximum Gasteiger partial charge on any atom is 0.225 e. The molecule has 2 heterocycles. The number of nitrogens with zero attached hydrogens (tertiary/aromatic N) is 2. The van der Waals surface area contributed by atoms with Crippen molar-refractivity contribution in [2.75, 3.05) is 26.2 Å². The first-order valence-corrected chi connectivity index (χ1v) is 10.3. The molecule has 0 unspecified atom stereocenters. The molecule has 2 aliphatic rings. The van der Waals surface area contributed by atoms with E-state index in [0.29, 0.717) is 11.8 Å². The number of furan rings is 1. The van der Waals surface area contributed by atoms with Crippen LogP contribution in [0.2, 0.25) is 0 Å². The number of carbonyl (C=O) groups excluding carboxylic acids is 1. The Hall–Kier alpha value is -2.59. The van der Waals surface area contributed by atoms with E-state index in [1.807, 2.05) is 4.90 Å². The number of benzene rings is 2. The van der Waals surface area contributed by atoms with Gasteiger partial charge in [-0.25, -0.2) is 0 Å². The molecule has 2 aromatic carbocycles. The van der Waals surface area contributed by atoms with Crippen LogP contribution in [-0.4, -0.2) is 41.9 Å². The van der Waals surface area contributed by atoms with Gasteiger partial charge in [-0.1, -0.05) is 35.9 Å². The highest BCUT2D eigenvalue weighted by molar-refractivity contribution is 5.84. The van der Waals surface area contributed by atoms with Gasteiger partial charge in [0, 0.05) is 37.5 Å². The Labute approximate surface area is 165 Å². The average molecular weight is 374 g/mol. The molecule has 1 aromatic heterocycles. The summed E-state index contributed by atoms with van der Waals surface area (Å²) in [5.41, 5.74) is 4.65. The molecule has 0 bridgehead atoms. The SMILES string of the molecule is Cc1ccc(-c2ccc3oc(CN4CCN(C(=O)C5CC5)CC4)cc3c2)cc1. The Morgan fingerprint density at radius 3 is 2.39 bits per heavy atom. The number of carbonyl (C=O) groups is 1. The molecule has 0 spiro atoms. The number of piperazine rings is 1. The first kappa shape index (κ1) is 17.5. The van der Waals surface area contributed by atoms with E-state index in [1.165, 1.54) is 16.7 Å². The van der Waals surface area contributed by atoms with E-state index in [9.17, 15) is 4.79 Å². The predicted octanol–water partition coefficient (Wildman–Crippen LogP) is 4.46. The van der Waals surface area contributed by atoms with Crippen LogP contribution in [0.1, 0.15) is 24.2 Å². The van der Waals surface area contributed by atoms with Gasteiger partial charge < -0.3 is 9.32 Å². The summed E-state index contributed by atoms with van der Waals surface area (Å²) in [5.74, 6) is 1.69. The highest BCUT2D eigenvalue weighted by Gasteiger charge is 2.34. The van der Waals surface area contributed by atoms with E-state index >= 15 is 0 Å². The second kappa shape index (κ2) is 7.10. The van der Waals surface area contributed by atoms with Crippen LogP contribution in [0.25, 0.3) is 22.1 Å². The molecule has 5 rings (SSSR count). The van der Waals surface area contributed by atoms with Gasteiger partial charge in [0.15, 0.2) is 0 Å². The van der Waals surface area contributed by atoms with Crippen molar-refractivity contribution in [3.8, 4) is 11.1 Å². The molecule has 28 heavy (non-hydrogen) atoms. The van der Waals surface area contributed by atoms with Gasteiger partial charge in [0.1, 0.15) is 11.3 Å². The average Bonchev–Trinajstić information content (AvgIpc) is 3.48. The van der Waals surface area contributed by atoms with Crippen LogP contribution in [0.3, 0.4) is 0 Å². The third-order valence-corrected chi connectivity index (χ3v) is 5.94. The lowest BCUT2D eigenvalue weighted by Crippen LogP contribution is -2.48. The Bertz CT molecular complexity index is 993.